The fraction of sp³-hybridized carbons (Fsp3) is 0.776. The van der Waals surface area contributed by atoms with Gasteiger partial charge in [0.2, 0.25) is 0 Å². The van der Waals surface area contributed by atoms with Gasteiger partial charge in [0.15, 0.2) is 6.10 Å². The number of carbonyl (C=O) groups is 3. The highest BCUT2D eigenvalue weighted by atomic mass is 16.6. The van der Waals surface area contributed by atoms with E-state index in [-0.39, 0.29) is 31.1 Å². The van der Waals surface area contributed by atoms with Crippen LogP contribution in [0.2, 0.25) is 0 Å². The van der Waals surface area contributed by atoms with Crippen molar-refractivity contribution >= 4 is 17.9 Å². The van der Waals surface area contributed by atoms with E-state index in [1.165, 1.54) is 135 Å². The number of hydrogen-bond acceptors (Lipinski definition) is 6. The van der Waals surface area contributed by atoms with Crippen LogP contribution in [0, 0.1) is 0 Å². The quantitative estimate of drug-likeness (QED) is 0.0262. The molecule has 0 amide bonds. The number of rotatable bonds is 49. The molecule has 0 aliphatic carbocycles. The largest absolute Gasteiger partial charge is 0.462 e. The molecule has 0 fully saturated rings. The molecule has 0 aliphatic rings. The maximum Gasteiger partial charge on any atom is 0.306 e. The van der Waals surface area contributed by atoms with Gasteiger partial charge in [-0.25, -0.2) is 0 Å². The van der Waals surface area contributed by atoms with Crippen LogP contribution in [0.3, 0.4) is 0 Å². The second-order valence-electron chi connectivity index (χ2n) is 18.1. The Labute approximate surface area is 396 Å². The summed E-state index contributed by atoms with van der Waals surface area (Å²) in [6.07, 6.45) is 64.9. The molecule has 370 valence electrons. The van der Waals surface area contributed by atoms with E-state index in [2.05, 4.69) is 81.5 Å². The minimum absolute atomic E-state index is 0.0860. The predicted molar refractivity (Wildman–Crippen MR) is 275 cm³/mol. The van der Waals surface area contributed by atoms with Crippen molar-refractivity contribution in [2.45, 2.75) is 277 Å². The summed E-state index contributed by atoms with van der Waals surface area (Å²) in [6.45, 7) is 6.56. The van der Waals surface area contributed by atoms with Gasteiger partial charge < -0.3 is 14.2 Å². The van der Waals surface area contributed by atoms with Crippen molar-refractivity contribution in [1.82, 2.24) is 0 Å². The van der Waals surface area contributed by atoms with Crippen LogP contribution >= 0.6 is 0 Å². The van der Waals surface area contributed by atoms with E-state index >= 15 is 0 Å². The van der Waals surface area contributed by atoms with E-state index < -0.39 is 6.10 Å². The van der Waals surface area contributed by atoms with E-state index in [9.17, 15) is 14.4 Å². The Kier molecular flexibility index (Phi) is 50.4. The maximum atomic E-state index is 12.8. The Morgan fingerprint density at radius 2 is 0.578 bits per heavy atom. The van der Waals surface area contributed by atoms with Gasteiger partial charge in [-0.05, 0) is 103 Å². The number of carbonyl (C=O) groups excluding carboxylic acids is 3. The first kappa shape index (κ1) is 61.1. The number of ether oxygens (including phenoxy) is 3. The van der Waals surface area contributed by atoms with Gasteiger partial charge in [0.05, 0.1) is 0 Å². The molecule has 1 atom stereocenters. The average molecular weight is 895 g/mol. The second kappa shape index (κ2) is 52.7. The third-order valence-electron chi connectivity index (χ3n) is 11.7. The molecule has 0 aromatic rings. The number of allylic oxidation sites excluding steroid dienone is 10. The molecule has 1 unspecified atom stereocenters. The van der Waals surface area contributed by atoms with Crippen LogP contribution < -0.4 is 0 Å². The monoisotopic (exact) mass is 895 g/mol. The topological polar surface area (TPSA) is 78.9 Å². The Bertz CT molecular complexity index is 1170. The van der Waals surface area contributed by atoms with Crippen LogP contribution in [0.15, 0.2) is 60.8 Å². The number of unbranched alkanes of at least 4 members (excludes halogenated alkanes) is 28. The fourth-order valence-electron chi connectivity index (χ4n) is 7.54. The van der Waals surface area contributed by atoms with Crippen LogP contribution in [0.5, 0.6) is 0 Å². The van der Waals surface area contributed by atoms with Gasteiger partial charge in [0.25, 0.3) is 0 Å². The molecule has 0 rings (SSSR count). The van der Waals surface area contributed by atoms with Crippen molar-refractivity contribution in [3.05, 3.63) is 60.8 Å². The van der Waals surface area contributed by atoms with Gasteiger partial charge >= 0.3 is 17.9 Å². The van der Waals surface area contributed by atoms with Crippen molar-refractivity contribution in [2.24, 2.45) is 0 Å². The molecular formula is C58H102O6. The van der Waals surface area contributed by atoms with E-state index in [4.69, 9.17) is 14.2 Å². The lowest BCUT2D eigenvalue weighted by molar-refractivity contribution is -0.167. The summed E-state index contributed by atoms with van der Waals surface area (Å²) in [6, 6.07) is 0. The summed E-state index contributed by atoms with van der Waals surface area (Å²) in [7, 11) is 0. The summed E-state index contributed by atoms with van der Waals surface area (Å²) in [5, 5.41) is 0. The SMILES string of the molecule is CCCC/C=C\CCCCCCCC(=O)OCC(COC(=O)CCCCCCCC/C=C\C/C=C\C/C=C\CCCCCCC)OC(=O)CCCCCCC/C=C\CCCCCCC. The first-order chi connectivity index (χ1) is 31.5. The highest BCUT2D eigenvalue weighted by Crippen LogP contribution is 2.14. The zero-order valence-corrected chi connectivity index (χ0v) is 42.3. The Hall–Kier alpha value is -2.89. The molecule has 0 spiro atoms. The minimum atomic E-state index is -0.786. The van der Waals surface area contributed by atoms with Gasteiger partial charge in [-0.3, -0.25) is 14.4 Å². The predicted octanol–water partition coefficient (Wildman–Crippen LogP) is 18.0. The van der Waals surface area contributed by atoms with Crippen molar-refractivity contribution in [3.63, 3.8) is 0 Å². The lowest BCUT2D eigenvalue weighted by Crippen LogP contribution is -2.30. The normalized spacial score (nSPS) is 12.5. The van der Waals surface area contributed by atoms with Crippen LogP contribution in [0.25, 0.3) is 0 Å². The molecule has 6 heteroatoms. The summed E-state index contributed by atoms with van der Waals surface area (Å²) in [4.78, 5) is 38.0. The van der Waals surface area contributed by atoms with E-state index in [0.717, 1.165) is 96.3 Å². The fourth-order valence-corrected chi connectivity index (χ4v) is 7.54. The lowest BCUT2D eigenvalue weighted by atomic mass is 10.1. The molecule has 0 aromatic heterocycles. The molecule has 0 saturated heterocycles. The van der Waals surface area contributed by atoms with Crippen molar-refractivity contribution < 1.29 is 28.6 Å². The van der Waals surface area contributed by atoms with Gasteiger partial charge in [-0.1, -0.05) is 210 Å². The summed E-state index contributed by atoms with van der Waals surface area (Å²) in [5.74, 6) is -0.911. The third kappa shape index (κ3) is 50.1. The average Bonchev–Trinajstić information content (AvgIpc) is 3.29. The molecule has 0 saturated carbocycles. The van der Waals surface area contributed by atoms with Gasteiger partial charge in [0, 0.05) is 19.3 Å². The summed E-state index contributed by atoms with van der Waals surface area (Å²) >= 11 is 0. The van der Waals surface area contributed by atoms with E-state index in [1.54, 1.807) is 0 Å². The minimum Gasteiger partial charge on any atom is -0.462 e. The molecule has 6 nitrogen and oxygen atoms in total. The van der Waals surface area contributed by atoms with Crippen molar-refractivity contribution in [1.29, 1.82) is 0 Å². The summed E-state index contributed by atoms with van der Waals surface area (Å²) in [5.41, 5.74) is 0. The molecular weight excluding hydrogens is 793 g/mol. The zero-order valence-electron chi connectivity index (χ0n) is 42.3. The Morgan fingerprint density at radius 3 is 0.938 bits per heavy atom. The maximum absolute atomic E-state index is 12.8. The van der Waals surface area contributed by atoms with Crippen molar-refractivity contribution in [3.8, 4) is 0 Å². The Balaban J connectivity index is 4.35. The number of hydrogen-bond donors (Lipinski definition) is 0. The number of esters is 3. The smallest absolute Gasteiger partial charge is 0.306 e. The molecule has 0 heterocycles. The molecule has 64 heavy (non-hydrogen) atoms. The molecule has 0 bridgehead atoms. The van der Waals surface area contributed by atoms with Gasteiger partial charge in [-0.15, -0.1) is 0 Å². The lowest BCUT2D eigenvalue weighted by Gasteiger charge is -2.18. The van der Waals surface area contributed by atoms with Gasteiger partial charge in [0.1, 0.15) is 13.2 Å². The van der Waals surface area contributed by atoms with Crippen LogP contribution in [0.4, 0.5) is 0 Å². The second-order valence-corrected chi connectivity index (χ2v) is 18.1. The standard InChI is InChI=1S/C58H102O6/c1-4-7-10-13-16-19-22-24-26-27-28-29-30-31-32-34-36-39-42-45-48-51-57(60)63-54-55(53-62-56(59)50-47-44-41-38-35-21-18-15-12-9-6-3)64-58(61)52-49-46-43-40-37-33-25-23-20-17-14-11-8-5-2/h15,18,22-25,27-28,30-31,55H,4-14,16-17,19-21,26,29,32-54H2,1-3H3/b18-15-,24-22-,25-23-,28-27-,31-30-. The highest BCUT2D eigenvalue weighted by molar-refractivity contribution is 5.71. The van der Waals surface area contributed by atoms with Crippen LogP contribution in [-0.4, -0.2) is 37.2 Å². The first-order valence-corrected chi connectivity index (χ1v) is 27.3. The first-order valence-electron chi connectivity index (χ1n) is 27.3. The zero-order chi connectivity index (χ0) is 46.5. The van der Waals surface area contributed by atoms with Gasteiger partial charge in [-0.2, -0.15) is 0 Å². The Morgan fingerprint density at radius 1 is 0.312 bits per heavy atom. The highest BCUT2D eigenvalue weighted by Gasteiger charge is 2.19. The molecule has 0 aromatic carbocycles. The molecule has 0 aliphatic heterocycles. The van der Waals surface area contributed by atoms with Crippen molar-refractivity contribution in [2.75, 3.05) is 13.2 Å². The molecule has 0 radical (unpaired) electrons. The van der Waals surface area contributed by atoms with E-state index in [0.29, 0.717) is 19.3 Å². The molecule has 0 N–H and O–H groups in total. The summed E-state index contributed by atoms with van der Waals surface area (Å²) < 4.78 is 16.8. The van der Waals surface area contributed by atoms with Crippen LogP contribution in [0.1, 0.15) is 271 Å². The van der Waals surface area contributed by atoms with E-state index in [1.807, 2.05) is 0 Å². The van der Waals surface area contributed by atoms with Crippen LogP contribution in [-0.2, 0) is 28.6 Å². The third-order valence-corrected chi connectivity index (χ3v) is 11.7.